The van der Waals surface area contributed by atoms with Gasteiger partial charge in [-0.15, -0.1) is 0 Å². The third kappa shape index (κ3) is 3.61. The van der Waals surface area contributed by atoms with E-state index in [0.717, 1.165) is 25.1 Å². The summed E-state index contributed by atoms with van der Waals surface area (Å²) in [7, 11) is 0. The van der Waals surface area contributed by atoms with Crippen LogP contribution in [0.2, 0.25) is 0 Å². The van der Waals surface area contributed by atoms with Crippen LogP contribution in [-0.4, -0.2) is 39.0 Å². The number of rotatable bonds is 3. The van der Waals surface area contributed by atoms with Gasteiger partial charge >= 0.3 is 6.18 Å². The number of pyridine rings is 2. The Morgan fingerprint density at radius 3 is 2.37 bits per heavy atom. The fourth-order valence-electron chi connectivity index (χ4n) is 3.98. The molecule has 2 saturated heterocycles. The van der Waals surface area contributed by atoms with Crippen molar-refractivity contribution in [2.24, 2.45) is 0 Å². The molecule has 5 nitrogen and oxygen atoms in total. The van der Waals surface area contributed by atoms with Crippen LogP contribution < -0.4 is 4.74 Å². The number of piperidine rings is 1. The number of aromatic nitrogens is 2. The lowest BCUT2D eigenvalue weighted by Gasteiger charge is -2.38. The maximum Gasteiger partial charge on any atom is 0.433 e. The fraction of sp³-hybridized carbons (Fsp3) is 0.421. The topological polar surface area (TPSA) is 55.3 Å². The summed E-state index contributed by atoms with van der Waals surface area (Å²) >= 11 is 0. The lowest BCUT2D eigenvalue weighted by Crippen LogP contribution is -2.49. The molecule has 2 fully saturated rings. The maximum atomic E-state index is 12.8. The quantitative estimate of drug-likeness (QED) is 0.818. The lowest BCUT2D eigenvalue weighted by molar-refractivity contribution is -0.141. The van der Waals surface area contributed by atoms with Crippen molar-refractivity contribution >= 4 is 5.91 Å². The first-order valence-electron chi connectivity index (χ1n) is 8.85. The molecule has 8 heteroatoms. The first-order chi connectivity index (χ1) is 12.9. The number of ether oxygens (including phenoxy) is 1. The van der Waals surface area contributed by atoms with Crippen LogP contribution in [0.3, 0.4) is 0 Å². The van der Waals surface area contributed by atoms with E-state index in [9.17, 15) is 18.0 Å². The monoisotopic (exact) mass is 377 g/mol. The molecule has 0 radical (unpaired) electrons. The van der Waals surface area contributed by atoms with E-state index in [1.807, 2.05) is 12.1 Å². The summed E-state index contributed by atoms with van der Waals surface area (Å²) in [6, 6.07) is 7.57. The Morgan fingerprint density at radius 1 is 1.07 bits per heavy atom. The average molecular weight is 377 g/mol. The van der Waals surface area contributed by atoms with Crippen LogP contribution >= 0.6 is 0 Å². The zero-order valence-corrected chi connectivity index (χ0v) is 14.4. The van der Waals surface area contributed by atoms with Crippen molar-refractivity contribution in [2.45, 2.75) is 50.0 Å². The van der Waals surface area contributed by atoms with Crippen LogP contribution in [0.4, 0.5) is 13.2 Å². The number of hydrogen-bond donors (Lipinski definition) is 0. The van der Waals surface area contributed by atoms with Gasteiger partial charge in [-0.25, -0.2) is 4.98 Å². The van der Waals surface area contributed by atoms with Gasteiger partial charge in [-0.05, 0) is 31.0 Å². The first kappa shape index (κ1) is 17.8. The number of amides is 1. The van der Waals surface area contributed by atoms with Crippen molar-refractivity contribution in [3.63, 3.8) is 0 Å². The van der Waals surface area contributed by atoms with E-state index < -0.39 is 11.9 Å². The Kier molecular flexibility index (Phi) is 4.49. The molecule has 2 bridgehead atoms. The van der Waals surface area contributed by atoms with Gasteiger partial charge in [0.15, 0.2) is 0 Å². The Labute approximate surface area is 154 Å². The molecule has 2 aromatic rings. The molecule has 0 N–H and O–H groups in total. The zero-order chi connectivity index (χ0) is 19.0. The smallest absolute Gasteiger partial charge is 0.433 e. The van der Waals surface area contributed by atoms with Crippen molar-refractivity contribution in [2.75, 3.05) is 0 Å². The van der Waals surface area contributed by atoms with Crippen LogP contribution in [0, 0.1) is 0 Å². The molecule has 4 heterocycles. The fourth-order valence-corrected chi connectivity index (χ4v) is 3.98. The van der Waals surface area contributed by atoms with Crippen molar-refractivity contribution in [3.05, 3.63) is 54.0 Å². The standard InChI is InChI=1S/C19H18F3N3O2/c20-19(21,22)16-7-4-12(11-24-16)18(26)25-13-5-6-14(25)10-15(9-13)27-17-3-1-2-8-23-17/h1-4,7-8,11,13-15H,5-6,9-10H2. The third-order valence-electron chi connectivity index (χ3n) is 5.15. The number of carbonyl (C=O) groups is 1. The highest BCUT2D eigenvalue weighted by molar-refractivity contribution is 5.94. The van der Waals surface area contributed by atoms with Crippen LogP contribution in [0.5, 0.6) is 5.88 Å². The summed E-state index contributed by atoms with van der Waals surface area (Å²) in [5, 5.41) is 0. The van der Waals surface area contributed by atoms with Gasteiger partial charge in [0.2, 0.25) is 5.88 Å². The Bertz CT molecular complexity index is 797. The predicted molar refractivity (Wildman–Crippen MR) is 90.1 cm³/mol. The molecule has 2 atom stereocenters. The number of carbonyl (C=O) groups excluding carboxylic acids is 1. The molecule has 2 aliphatic heterocycles. The zero-order valence-electron chi connectivity index (χ0n) is 14.4. The van der Waals surface area contributed by atoms with E-state index in [1.54, 1.807) is 17.2 Å². The van der Waals surface area contributed by atoms with Gasteiger partial charge in [-0.1, -0.05) is 6.07 Å². The van der Waals surface area contributed by atoms with Crippen LogP contribution in [0.15, 0.2) is 42.7 Å². The summed E-state index contributed by atoms with van der Waals surface area (Å²) in [4.78, 5) is 22.2. The second kappa shape index (κ2) is 6.83. The normalized spacial score (nSPS) is 24.7. The number of fused-ring (bicyclic) bond motifs is 2. The van der Waals surface area contributed by atoms with E-state index in [0.29, 0.717) is 18.7 Å². The lowest BCUT2D eigenvalue weighted by atomic mass is 9.98. The highest BCUT2D eigenvalue weighted by Crippen LogP contribution is 2.38. The summed E-state index contributed by atoms with van der Waals surface area (Å²) < 4.78 is 43.9. The summed E-state index contributed by atoms with van der Waals surface area (Å²) in [5.41, 5.74) is -0.812. The van der Waals surface area contributed by atoms with Crippen LogP contribution in [0.1, 0.15) is 41.7 Å². The molecule has 142 valence electrons. The summed E-state index contributed by atoms with van der Waals surface area (Å²) in [5.74, 6) is 0.300. The highest BCUT2D eigenvalue weighted by atomic mass is 19.4. The van der Waals surface area contributed by atoms with Crippen molar-refractivity contribution in [1.82, 2.24) is 14.9 Å². The largest absolute Gasteiger partial charge is 0.474 e. The maximum absolute atomic E-state index is 12.8. The van der Waals surface area contributed by atoms with E-state index in [-0.39, 0.29) is 29.7 Å². The molecule has 27 heavy (non-hydrogen) atoms. The van der Waals surface area contributed by atoms with Gasteiger partial charge in [-0.3, -0.25) is 9.78 Å². The molecule has 0 aliphatic carbocycles. The molecule has 2 aromatic heterocycles. The molecular weight excluding hydrogens is 359 g/mol. The average Bonchev–Trinajstić information content (AvgIpc) is 2.92. The molecule has 0 aromatic carbocycles. The Hall–Kier alpha value is -2.64. The molecule has 4 rings (SSSR count). The minimum atomic E-state index is -4.51. The van der Waals surface area contributed by atoms with Gasteiger partial charge in [0.05, 0.1) is 5.56 Å². The highest BCUT2D eigenvalue weighted by Gasteiger charge is 2.44. The van der Waals surface area contributed by atoms with E-state index >= 15 is 0 Å². The number of nitrogens with zero attached hydrogens (tertiary/aromatic N) is 3. The molecule has 2 aliphatic rings. The second-order valence-electron chi connectivity index (χ2n) is 6.91. The minimum Gasteiger partial charge on any atom is -0.474 e. The van der Waals surface area contributed by atoms with E-state index in [4.69, 9.17) is 4.74 Å². The van der Waals surface area contributed by atoms with Gasteiger partial charge in [0, 0.05) is 43.4 Å². The minimum absolute atomic E-state index is 0.0206. The van der Waals surface area contributed by atoms with Crippen molar-refractivity contribution in [3.8, 4) is 5.88 Å². The van der Waals surface area contributed by atoms with Gasteiger partial charge in [0.1, 0.15) is 11.8 Å². The molecule has 0 saturated carbocycles. The SMILES string of the molecule is O=C(c1ccc(C(F)(F)F)nc1)N1C2CCC1CC(Oc1ccccn1)C2. The Balaban J connectivity index is 1.45. The first-order valence-corrected chi connectivity index (χ1v) is 8.85. The number of halogens is 3. The van der Waals surface area contributed by atoms with Gasteiger partial charge in [-0.2, -0.15) is 13.2 Å². The number of hydrogen-bond acceptors (Lipinski definition) is 4. The molecule has 1 amide bonds. The van der Waals surface area contributed by atoms with Crippen molar-refractivity contribution in [1.29, 1.82) is 0 Å². The summed E-state index contributed by atoms with van der Waals surface area (Å²) in [6.07, 6.45) is 1.26. The molecule has 2 unspecified atom stereocenters. The number of alkyl halides is 3. The molecule has 0 spiro atoms. The third-order valence-corrected chi connectivity index (χ3v) is 5.15. The van der Waals surface area contributed by atoms with Crippen LogP contribution in [0.25, 0.3) is 0 Å². The van der Waals surface area contributed by atoms with Crippen LogP contribution in [-0.2, 0) is 6.18 Å². The van der Waals surface area contributed by atoms with Crippen molar-refractivity contribution < 1.29 is 22.7 Å². The van der Waals surface area contributed by atoms with E-state index in [1.165, 1.54) is 6.07 Å². The van der Waals surface area contributed by atoms with E-state index in [2.05, 4.69) is 9.97 Å². The summed E-state index contributed by atoms with van der Waals surface area (Å²) in [6.45, 7) is 0. The van der Waals surface area contributed by atoms with Gasteiger partial charge in [0.25, 0.3) is 5.91 Å². The molecular formula is C19H18F3N3O2. The Morgan fingerprint density at radius 2 is 1.81 bits per heavy atom. The second-order valence-corrected chi connectivity index (χ2v) is 6.91. The van der Waals surface area contributed by atoms with Gasteiger partial charge < -0.3 is 9.64 Å². The predicted octanol–water partition coefficient (Wildman–Crippen LogP) is 3.71.